The molecule has 0 spiro atoms. The van der Waals surface area contributed by atoms with Crippen molar-refractivity contribution in [1.29, 1.82) is 0 Å². The van der Waals surface area contributed by atoms with Crippen molar-refractivity contribution in [3.05, 3.63) is 59.7 Å². The highest BCUT2D eigenvalue weighted by molar-refractivity contribution is 5.74. The van der Waals surface area contributed by atoms with E-state index in [1.165, 1.54) is 58.3 Å². The molecule has 0 fully saturated rings. The summed E-state index contributed by atoms with van der Waals surface area (Å²) in [6.45, 7) is 10.9. The smallest absolute Gasteiger partial charge is 0.308 e. The van der Waals surface area contributed by atoms with E-state index < -0.39 is 23.2 Å². The summed E-state index contributed by atoms with van der Waals surface area (Å²) in [7, 11) is 0. The molecule has 0 aromatic heterocycles. The van der Waals surface area contributed by atoms with E-state index in [2.05, 4.69) is 19.2 Å². The van der Waals surface area contributed by atoms with Crippen molar-refractivity contribution in [3.8, 4) is 11.5 Å². The molecule has 2 rings (SSSR count). The number of hydrogen-bond donors (Lipinski definition) is 3. The Morgan fingerprint density at radius 3 is 1.79 bits per heavy atom. The molecule has 1 amide bonds. The Labute approximate surface area is 290 Å². The monoisotopic (exact) mass is 668 g/mol. The van der Waals surface area contributed by atoms with Gasteiger partial charge < -0.3 is 30.4 Å². The van der Waals surface area contributed by atoms with E-state index in [-0.39, 0.29) is 18.9 Å². The van der Waals surface area contributed by atoms with Crippen molar-refractivity contribution in [2.75, 3.05) is 19.8 Å². The van der Waals surface area contributed by atoms with Crippen LogP contribution in [0.5, 0.6) is 11.5 Å². The average Bonchev–Trinajstić information content (AvgIpc) is 3.05. The Morgan fingerprint density at radius 2 is 1.29 bits per heavy atom. The Morgan fingerprint density at radius 1 is 0.792 bits per heavy atom. The molecule has 48 heavy (non-hydrogen) atoms. The van der Waals surface area contributed by atoms with Crippen LogP contribution < -0.4 is 20.5 Å². The average molecular weight is 669 g/mol. The highest BCUT2D eigenvalue weighted by atomic mass is 16.5. The molecule has 3 unspecified atom stereocenters. The van der Waals surface area contributed by atoms with Crippen LogP contribution >= 0.6 is 0 Å². The fraction of sp³-hybridized carbons (Fsp3) is 0.650. The van der Waals surface area contributed by atoms with Crippen molar-refractivity contribution in [2.24, 2.45) is 5.73 Å². The minimum absolute atomic E-state index is 0.0151. The van der Waals surface area contributed by atoms with Gasteiger partial charge in [0.25, 0.3) is 0 Å². The number of amides is 1. The number of nitrogens with one attached hydrogen (secondary N) is 1. The molecule has 2 aromatic carbocycles. The van der Waals surface area contributed by atoms with Gasteiger partial charge in [0, 0.05) is 12.5 Å². The van der Waals surface area contributed by atoms with E-state index in [0.717, 1.165) is 35.5 Å². The van der Waals surface area contributed by atoms with Crippen molar-refractivity contribution < 1.29 is 28.9 Å². The summed E-state index contributed by atoms with van der Waals surface area (Å²) in [6.07, 6.45) is 12.9. The molecular weight excluding hydrogens is 604 g/mol. The van der Waals surface area contributed by atoms with Gasteiger partial charge in [0.2, 0.25) is 5.91 Å². The first-order valence-electron chi connectivity index (χ1n) is 18.3. The van der Waals surface area contributed by atoms with Crippen molar-refractivity contribution in [2.45, 2.75) is 148 Å². The van der Waals surface area contributed by atoms with Gasteiger partial charge in [-0.05, 0) is 87.8 Å². The lowest BCUT2D eigenvalue weighted by molar-refractivity contribution is -0.150. The molecule has 0 saturated carbocycles. The summed E-state index contributed by atoms with van der Waals surface area (Å²) < 4.78 is 17.5. The molecule has 0 heterocycles. The number of benzene rings is 2. The van der Waals surface area contributed by atoms with Crippen LogP contribution in [0.3, 0.4) is 0 Å². The number of carbonyl (C=O) groups excluding carboxylic acids is 2. The predicted octanol–water partition coefficient (Wildman–Crippen LogP) is 7.86. The summed E-state index contributed by atoms with van der Waals surface area (Å²) in [4.78, 5) is 24.9. The van der Waals surface area contributed by atoms with Gasteiger partial charge in [0.05, 0.1) is 31.3 Å². The maximum Gasteiger partial charge on any atom is 0.308 e. The van der Waals surface area contributed by atoms with Crippen LogP contribution in [0.15, 0.2) is 48.5 Å². The number of hydrogen-bond acceptors (Lipinski definition) is 7. The summed E-state index contributed by atoms with van der Waals surface area (Å²) in [5.74, 6) is 0.912. The predicted molar refractivity (Wildman–Crippen MR) is 194 cm³/mol. The lowest BCUT2D eigenvalue weighted by Gasteiger charge is -2.32. The molecule has 0 aliphatic carbocycles. The number of esters is 1. The highest BCUT2D eigenvalue weighted by Gasteiger charge is 2.32. The van der Waals surface area contributed by atoms with Gasteiger partial charge in [-0.3, -0.25) is 9.59 Å². The molecule has 0 aliphatic rings. The minimum atomic E-state index is -1.09. The van der Waals surface area contributed by atoms with Crippen molar-refractivity contribution >= 4 is 11.9 Å². The van der Waals surface area contributed by atoms with Crippen LogP contribution in [0.4, 0.5) is 0 Å². The lowest BCUT2D eigenvalue weighted by atomic mass is 9.87. The lowest BCUT2D eigenvalue weighted by Crippen LogP contribution is -2.51. The fourth-order valence-electron chi connectivity index (χ4n) is 5.66. The number of carbonyl (C=O) groups is 2. The zero-order valence-corrected chi connectivity index (χ0v) is 30.5. The van der Waals surface area contributed by atoms with Gasteiger partial charge in [-0.1, -0.05) is 89.5 Å². The van der Waals surface area contributed by atoms with Gasteiger partial charge in [0.15, 0.2) is 0 Å². The quantitative estimate of drug-likeness (QED) is 0.0690. The third-order valence-corrected chi connectivity index (χ3v) is 8.90. The van der Waals surface area contributed by atoms with E-state index in [9.17, 15) is 14.7 Å². The maximum atomic E-state index is 12.9. The Balaban J connectivity index is 1.83. The number of rotatable bonds is 26. The number of aliphatic hydroxyl groups is 1. The van der Waals surface area contributed by atoms with Crippen LogP contribution in [0.25, 0.3) is 0 Å². The molecular formula is C40H64N2O6. The second-order valence-electron chi connectivity index (χ2n) is 13.9. The molecule has 8 heteroatoms. The van der Waals surface area contributed by atoms with E-state index in [1.807, 2.05) is 55.5 Å². The number of aliphatic hydroxyl groups excluding tert-OH is 1. The van der Waals surface area contributed by atoms with Crippen molar-refractivity contribution in [1.82, 2.24) is 5.32 Å². The topological polar surface area (TPSA) is 120 Å². The van der Waals surface area contributed by atoms with Gasteiger partial charge in [-0.15, -0.1) is 0 Å². The van der Waals surface area contributed by atoms with Crippen LogP contribution in [0.2, 0.25) is 0 Å². The maximum absolute atomic E-state index is 12.9. The van der Waals surface area contributed by atoms with Gasteiger partial charge in [0.1, 0.15) is 18.1 Å². The molecule has 2 aromatic rings. The SMILES string of the molecule is CCCCCCCOc1cccc(CCC(C)(COC(=O)CC(O)C(C)(N)CCc2cccc(OCCCCCCC)c2)NC(C)=O)c1. The Kier molecular flexibility index (Phi) is 19.3. The molecule has 0 aliphatic heterocycles. The first kappa shape index (κ1) is 41.1. The summed E-state index contributed by atoms with van der Waals surface area (Å²) in [5.41, 5.74) is 6.87. The number of ether oxygens (including phenoxy) is 3. The summed E-state index contributed by atoms with van der Waals surface area (Å²) >= 11 is 0. The Hall–Kier alpha value is -3.10. The van der Waals surface area contributed by atoms with E-state index in [1.54, 1.807) is 6.92 Å². The van der Waals surface area contributed by atoms with Gasteiger partial charge in [-0.25, -0.2) is 0 Å². The highest BCUT2D eigenvalue weighted by Crippen LogP contribution is 2.23. The summed E-state index contributed by atoms with van der Waals surface area (Å²) in [6, 6.07) is 16.0. The van der Waals surface area contributed by atoms with E-state index in [0.29, 0.717) is 38.9 Å². The van der Waals surface area contributed by atoms with Gasteiger partial charge >= 0.3 is 5.97 Å². The fourth-order valence-corrected chi connectivity index (χ4v) is 5.66. The number of nitrogens with two attached hydrogens (primary N) is 1. The van der Waals surface area contributed by atoms with Gasteiger partial charge in [-0.2, -0.15) is 0 Å². The second kappa shape index (κ2) is 22.5. The molecule has 3 atom stereocenters. The van der Waals surface area contributed by atoms with E-state index in [4.69, 9.17) is 19.9 Å². The minimum Gasteiger partial charge on any atom is -0.494 e. The van der Waals surface area contributed by atoms with Crippen LogP contribution in [0, 0.1) is 0 Å². The first-order valence-corrected chi connectivity index (χ1v) is 18.3. The molecule has 0 saturated heterocycles. The largest absolute Gasteiger partial charge is 0.494 e. The third kappa shape index (κ3) is 17.3. The molecule has 0 bridgehead atoms. The van der Waals surface area contributed by atoms with Crippen LogP contribution in [-0.2, 0) is 27.2 Å². The number of aryl methyl sites for hydroxylation is 2. The first-order chi connectivity index (χ1) is 23.0. The molecule has 270 valence electrons. The van der Waals surface area contributed by atoms with E-state index >= 15 is 0 Å². The Bertz CT molecular complexity index is 1200. The molecule has 8 nitrogen and oxygen atoms in total. The molecule has 4 N–H and O–H groups in total. The summed E-state index contributed by atoms with van der Waals surface area (Å²) in [5, 5.41) is 13.9. The molecule has 0 radical (unpaired) electrons. The standard InChI is InChI=1S/C40H64N2O6/c1-6-8-10-12-14-26-46-35-20-16-18-33(28-35)22-24-39(4,42-32(3)43)31-48-38(45)30-37(44)40(5,41)25-23-34-19-17-21-36(29-34)47-27-15-13-11-9-7-2/h16-21,28-29,37,44H,6-15,22-27,30-31,41H2,1-5H3,(H,42,43). The van der Waals surface area contributed by atoms with Crippen molar-refractivity contribution in [3.63, 3.8) is 0 Å². The zero-order chi connectivity index (χ0) is 35.3. The van der Waals surface area contributed by atoms with Crippen LogP contribution in [0.1, 0.15) is 129 Å². The zero-order valence-electron chi connectivity index (χ0n) is 30.5. The second-order valence-corrected chi connectivity index (χ2v) is 13.9. The van der Waals surface area contributed by atoms with Crippen LogP contribution in [-0.4, -0.2) is 54.0 Å². The number of unbranched alkanes of at least 4 members (excludes halogenated alkanes) is 8. The third-order valence-electron chi connectivity index (χ3n) is 8.90. The normalized spacial score (nSPS) is 14.4.